The fourth-order valence-corrected chi connectivity index (χ4v) is 1.86. The van der Waals surface area contributed by atoms with Gasteiger partial charge in [-0.05, 0) is 12.1 Å². The minimum absolute atomic E-state index is 0.178. The zero-order valence-electron chi connectivity index (χ0n) is 10.8. The van der Waals surface area contributed by atoms with E-state index in [1.54, 1.807) is 0 Å². The average Bonchev–Trinajstić information content (AvgIpc) is 2.93. The van der Waals surface area contributed by atoms with Crippen LogP contribution >= 0.6 is 0 Å². The number of para-hydroxylation sites is 2. The molecule has 2 aromatic heterocycles. The molecule has 0 unspecified atom stereocenters. The third-order valence-electron chi connectivity index (χ3n) is 2.87. The van der Waals surface area contributed by atoms with Crippen molar-refractivity contribution in [3.8, 4) is 0 Å². The molecule has 0 aliphatic heterocycles. The number of H-pyrrole nitrogens is 1. The molecule has 6 nitrogen and oxygen atoms in total. The number of fused-ring (bicyclic) bond motifs is 1. The van der Waals surface area contributed by atoms with Gasteiger partial charge >= 0.3 is 5.69 Å². The van der Waals surface area contributed by atoms with Gasteiger partial charge in [0.15, 0.2) is 5.58 Å². The van der Waals surface area contributed by atoms with E-state index in [1.165, 1.54) is 4.68 Å². The number of aromatic nitrogens is 4. The van der Waals surface area contributed by atoms with E-state index in [2.05, 4.69) is 15.1 Å². The highest BCUT2D eigenvalue weighted by Crippen LogP contribution is 2.15. The van der Waals surface area contributed by atoms with Crippen molar-refractivity contribution >= 4 is 11.1 Å². The smallest absolute Gasteiger partial charge is 0.343 e. The third kappa shape index (κ3) is 2.16. The van der Waals surface area contributed by atoms with Crippen LogP contribution in [0.5, 0.6) is 0 Å². The summed E-state index contributed by atoms with van der Waals surface area (Å²) in [4.78, 5) is 18.8. The molecule has 3 rings (SSSR count). The summed E-state index contributed by atoms with van der Waals surface area (Å²) < 4.78 is 6.91. The van der Waals surface area contributed by atoms with Crippen LogP contribution in [0.1, 0.15) is 31.5 Å². The summed E-state index contributed by atoms with van der Waals surface area (Å²) in [5.41, 5.74) is 1.25. The van der Waals surface area contributed by atoms with E-state index in [9.17, 15) is 4.79 Å². The molecule has 0 saturated heterocycles. The van der Waals surface area contributed by atoms with Crippen molar-refractivity contribution in [1.29, 1.82) is 0 Å². The quantitative estimate of drug-likeness (QED) is 0.778. The number of benzene rings is 1. The molecule has 0 bridgehead atoms. The Morgan fingerprint density at radius 2 is 2.16 bits per heavy atom. The van der Waals surface area contributed by atoms with Crippen LogP contribution in [0.15, 0.2) is 33.5 Å². The van der Waals surface area contributed by atoms with E-state index >= 15 is 0 Å². The summed E-state index contributed by atoms with van der Waals surface area (Å²) in [5, 5.41) is 4.22. The predicted molar refractivity (Wildman–Crippen MR) is 70.0 cm³/mol. The summed E-state index contributed by atoms with van der Waals surface area (Å²) in [6.07, 6.45) is 0. The number of hydrogen-bond donors (Lipinski definition) is 1. The monoisotopic (exact) mass is 258 g/mol. The molecule has 0 saturated carbocycles. The number of oxazole rings is 1. The Morgan fingerprint density at radius 1 is 1.37 bits per heavy atom. The fraction of sp³-hybridized carbons (Fsp3) is 0.308. The first-order valence-electron chi connectivity index (χ1n) is 6.15. The third-order valence-corrected chi connectivity index (χ3v) is 2.87. The lowest BCUT2D eigenvalue weighted by Crippen LogP contribution is -2.18. The molecule has 0 amide bonds. The SMILES string of the molecule is CC(C)c1nn(Cc2nc3ccccc3o2)c(=O)[nH]1. The standard InChI is InChI=1S/C13H14N4O2/c1-8(2)12-15-13(18)17(16-12)7-11-14-9-5-3-4-6-10(9)19-11/h3-6,8H,7H2,1-2H3,(H,15,16,18). The first kappa shape index (κ1) is 11.7. The van der Waals surface area contributed by atoms with E-state index in [4.69, 9.17) is 4.42 Å². The molecule has 2 heterocycles. The normalized spacial score (nSPS) is 11.5. The molecule has 1 aromatic carbocycles. The van der Waals surface area contributed by atoms with Gasteiger partial charge in [0.25, 0.3) is 0 Å². The molecule has 0 radical (unpaired) electrons. The summed E-state index contributed by atoms with van der Waals surface area (Å²) in [7, 11) is 0. The van der Waals surface area contributed by atoms with Crippen LogP contribution in [0.2, 0.25) is 0 Å². The van der Waals surface area contributed by atoms with Crippen molar-refractivity contribution in [2.24, 2.45) is 0 Å². The van der Waals surface area contributed by atoms with E-state index < -0.39 is 0 Å². The van der Waals surface area contributed by atoms with Crippen LogP contribution in [0.4, 0.5) is 0 Å². The van der Waals surface area contributed by atoms with Gasteiger partial charge < -0.3 is 4.42 Å². The topological polar surface area (TPSA) is 76.7 Å². The minimum Gasteiger partial charge on any atom is -0.439 e. The Balaban J connectivity index is 1.94. The van der Waals surface area contributed by atoms with Crippen LogP contribution in [0.3, 0.4) is 0 Å². The molecule has 0 atom stereocenters. The molecule has 6 heteroatoms. The molecule has 19 heavy (non-hydrogen) atoms. The van der Waals surface area contributed by atoms with Crippen molar-refractivity contribution in [2.45, 2.75) is 26.3 Å². The number of nitrogens with zero attached hydrogens (tertiary/aromatic N) is 3. The van der Waals surface area contributed by atoms with Crippen molar-refractivity contribution in [1.82, 2.24) is 19.7 Å². The number of aromatic amines is 1. The molecule has 0 fully saturated rings. The predicted octanol–water partition coefficient (Wildman–Crippen LogP) is 1.88. The van der Waals surface area contributed by atoms with Crippen LogP contribution in [-0.4, -0.2) is 19.7 Å². The average molecular weight is 258 g/mol. The molecule has 98 valence electrons. The first-order valence-corrected chi connectivity index (χ1v) is 6.15. The van der Waals surface area contributed by atoms with E-state index in [1.807, 2.05) is 38.1 Å². The first-order chi connectivity index (χ1) is 9.13. The molecule has 0 spiro atoms. The maximum atomic E-state index is 11.7. The van der Waals surface area contributed by atoms with Gasteiger partial charge in [0.1, 0.15) is 17.9 Å². The van der Waals surface area contributed by atoms with Crippen LogP contribution in [-0.2, 0) is 6.54 Å². The van der Waals surface area contributed by atoms with Gasteiger partial charge in [-0.15, -0.1) is 0 Å². The van der Waals surface area contributed by atoms with Crippen LogP contribution < -0.4 is 5.69 Å². The highest BCUT2D eigenvalue weighted by Gasteiger charge is 2.11. The van der Waals surface area contributed by atoms with Crippen molar-refractivity contribution < 1.29 is 4.42 Å². The van der Waals surface area contributed by atoms with Gasteiger partial charge in [-0.2, -0.15) is 5.10 Å². The second-order valence-corrected chi connectivity index (χ2v) is 4.70. The lowest BCUT2D eigenvalue weighted by molar-refractivity contribution is 0.483. The summed E-state index contributed by atoms with van der Waals surface area (Å²) in [5.74, 6) is 1.32. The van der Waals surface area contributed by atoms with Gasteiger partial charge in [-0.25, -0.2) is 14.5 Å². The second-order valence-electron chi connectivity index (χ2n) is 4.70. The summed E-state index contributed by atoms with van der Waals surface area (Å²) in [6.45, 7) is 4.18. The molecular weight excluding hydrogens is 244 g/mol. The van der Waals surface area contributed by atoms with Crippen LogP contribution in [0, 0.1) is 0 Å². The Bertz CT molecular complexity index is 733. The summed E-state index contributed by atoms with van der Waals surface area (Å²) >= 11 is 0. The minimum atomic E-state index is -0.244. The molecule has 0 aliphatic rings. The van der Waals surface area contributed by atoms with E-state index in [0.717, 1.165) is 5.52 Å². The van der Waals surface area contributed by atoms with Gasteiger partial charge in [0.2, 0.25) is 5.89 Å². The van der Waals surface area contributed by atoms with Gasteiger partial charge in [-0.3, -0.25) is 4.98 Å². The Kier molecular flexibility index (Phi) is 2.70. The molecule has 3 aromatic rings. The maximum Gasteiger partial charge on any atom is 0.343 e. The van der Waals surface area contributed by atoms with Gasteiger partial charge in [-0.1, -0.05) is 26.0 Å². The number of rotatable bonds is 3. The summed E-state index contributed by atoms with van der Waals surface area (Å²) in [6, 6.07) is 7.50. The lowest BCUT2D eigenvalue weighted by Gasteiger charge is -1.96. The number of nitrogens with one attached hydrogen (secondary N) is 1. The van der Waals surface area contributed by atoms with E-state index in [-0.39, 0.29) is 18.2 Å². The number of hydrogen-bond acceptors (Lipinski definition) is 4. The van der Waals surface area contributed by atoms with Gasteiger partial charge in [0, 0.05) is 5.92 Å². The molecular formula is C13H14N4O2. The molecule has 0 aliphatic carbocycles. The Hall–Kier alpha value is -2.37. The van der Waals surface area contributed by atoms with E-state index in [0.29, 0.717) is 17.3 Å². The van der Waals surface area contributed by atoms with Crippen molar-refractivity contribution in [3.63, 3.8) is 0 Å². The maximum absolute atomic E-state index is 11.7. The highest BCUT2D eigenvalue weighted by atomic mass is 16.3. The zero-order valence-corrected chi connectivity index (χ0v) is 10.8. The van der Waals surface area contributed by atoms with Gasteiger partial charge in [0.05, 0.1) is 0 Å². The highest BCUT2D eigenvalue weighted by molar-refractivity contribution is 5.72. The van der Waals surface area contributed by atoms with Crippen molar-refractivity contribution in [3.05, 3.63) is 46.5 Å². The Labute approximate surface area is 109 Å². The second kappa shape index (κ2) is 4.38. The van der Waals surface area contributed by atoms with Crippen LogP contribution in [0.25, 0.3) is 11.1 Å². The van der Waals surface area contributed by atoms with Crippen molar-refractivity contribution in [2.75, 3.05) is 0 Å². The molecule has 1 N–H and O–H groups in total. The lowest BCUT2D eigenvalue weighted by atomic mass is 10.2. The Morgan fingerprint density at radius 3 is 2.84 bits per heavy atom. The largest absolute Gasteiger partial charge is 0.439 e. The fourth-order valence-electron chi connectivity index (χ4n) is 1.86. The zero-order chi connectivity index (χ0) is 13.4.